The van der Waals surface area contributed by atoms with Crippen molar-refractivity contribution in [2.24, 2.45) is 0 Å². The predicted molar refractivity (Wildman–Crippen MR) is 85.3 cm³/mol. The van der Waals surface area contributed by atoms with Gasteiger partial charge in [0.15, 0.2) is 0 Å². The zero-order valence-corrected chi connectivity index (χ0v) is 13.8. The third-order valence-corrected chi connectivity index (χ3v) is 2.84. The number of hydrogen-bond acceptors (Lipinski definition) is 2. The van der Waals surface area contributed by atoms with Crippen molar-refractivity contribution in [3.05, 3.63) is 35.4 Å². The number of nitrogens with one attached hydrogen (secondary N) is 2. The summed E-state index contributed by atoms with van der Waals surface area (Å²) < 4.78 is 0. The summed E-state index contributed by atoms with van der Waals surface area (Å²) in [5.74, 6) is -0.136. The van der Waals surface area contributed by atoms with E-state index in [9.17, 15) is 9.59 Å². The van der Waals surface area contributed by atoms with Gasteiger partial charge in [-0.1, -0.05) is 12.1 Å². The quantitative estimate of drug-likeness (QED) is 0.895. The molecule has 4 nitrogen and oxygen atoms in total. The number of hydrogen-bond donors (Lipinski definition) is 2. The van der Waals surface area contributed by atoms with Crippen LogP contribution in [-0.2, 0) is 11.2 Å². The van der Waals surface area contributed by atoms with Crippen LogP contribution in [0.1, 0.15) is 57.5 Å². The molecule has 1 rings (SSSR count). The van der Waals surface area contributed by atoms with Crippen LogP contribution in [0, 0.1) is 0 Å². The van der Waals surface area contributed by atoms with E-state index in [1.54, 1.807) is 6.07 Å². The minimum atomic E-state index is -0.342. The van der Waals surface area contributed by atoms with Crippen LogP contribution in [-0.4, -0.2) is 22.9 Å². The Balaban J connectivity index is 2.86. The maximum Gasteiger partial charge on any atom is 0.251 e. The van der Waals surface area contributed by atoms with E-state index in [0.29, 0.717) is 12.0 Å². The van der Waals surface area contributed by atoms with Crippen molar-refractivity contribution in [1.29, 1.82) is 0 Å². The molecular weight excluding hydrogens is 264 g/mol. The highest BCUT2D eigenvalue weighted by molar-refractivity contribution is 5.94. The van der Waals surface area contributed by atoms with Crippen LogP contribution >= 0.6 is 0 Å². The Bertz CT molecular complexity index is 528. The molecule has 2 N–H and O–H groups in total. The molecule has 0 fully saturated rings. The minimum Gasteiger partial charge on any atom is -0.351 e. The lowest BCUT2D eigenvalue weighted by Crippen LogP contribution is -2.44. The molecule has 0 aromatic heterocycles. The van der Waals surface area contributed by atoms with Crippen molar-refractivity contribution in [2.45, 2.75) is 59.0 Å². The van der Waals surface area contributed by atoms with Crippen molar-refractivity contribution in [2.75, 3.05) is 0 Å². The molecule has 0 radical (unpaired) electrons. The van der Waals surface area contributed by atoms with Gasteiger partial charge in [-0.2, -0.15) is 0 Å². The Hall–Kier alpha value is -1.84. The summed E-state index contributed by atoms with van der Waals surface area (Å²) in [7, 11) is 0. The zero-order chi connectivity index (χ0) is 16.3. The van der Waals surface area contributed by atoms with Gasteiger partial charge in [-0.25, -0.2) is 0 Å². The number of rotatable bonds is 4. The largest absolute Gasteiger partial charge is 0.351 e. The zero-order valence-electron chi connectivity index (χ0n) is 13.8. The summed E-state index contributed by atoms with van der Waals surface area (Å²) in [4.78, 5) is 23.4. The molecule has 0 aliphatic carbocycles. The van der Waals surface area contributed by atoms with E-state index in [4.69, 9.17) is 0 Å². The molecule has 0 aliphatic rings. The Kier molecular flexibility index (Phi) is 5.15. The Morgan fingerprint density at radius 2 is 1.67 bits per heavy atom. The van der Waals surface area contributed by atoms with E-state index in [-0.39, 0.29) is 22.9 Å². The Morgan fingerprint density at radius 3 is 2.19 bits per heavy atom. The Morgan fingerprint density at radius 1 is 1.05 bits per heavy atom. The fourth-order valence-electron chi connectivity index (χ4n) is 2.27. The van der Waals surface area contributed by atoms with Gasteiger partial charge in [0.2, 0.25) is 5.91 Å². The second-order valence-electron chi connectivity index (χ2n) is 7.15. The van der Waals surface area contributed by atoms with Crippen molar-refractivity contribution in [3.63, 3.8) is 0 Å². The first-order valence-corrected chi connectivity index (χ1v) is 7.19. The molecule has 0 spiro atoms. The smallest absolute Gasteiger partial charge is 0.251 e. The van der Waals surface area contributed by atoms with Crippen molar-refractivity contribution < 1.29 is 9.59 Å². The molecule has 1 aromatic rings. The van der Waals surface area contributed by atoms with Gasteiger partial charge in [-0.15, -0.1) is 0 Å². The lowest BCUT2D eigenvalue weighted by Gasteiger charge is -2.26. The van der Waals surface area contributed by atoms with Gasteiger partial charge in [0.25, 0.3) is 5.91 Å². The highest BCUT2D eigenvalue weighted by Crippen LogP contribution is 2.15. The summed E-state index contributed by atoms with van der Waals surface area (Å²) in [5.41, 5.74) is 1.06. The number of amides is 2. The van der Waals surface area contributed by atoms with Crippen LogP contribution in [0.2, 0.25) is 0 Å². The van der Waals surface area contributed by atoms with Crippen LogP contribution in [0.15, 0.2) is 24.3 Å². The molecule has 0 unspecified atom stereocenters. The first kappa shape index (κ1) is 17.2. The number of benzene rings is 1. The predicted octanol–water partition coefficient (Wildman–Crippen LogP) is 2.67. The highest BCUT2D eigenvalue weighted by Gasteiger charge is 2.20. The second-order valence-corrected chi connectivity index (χ2v) is 7.15. The summed E-state index contributed by atoms with van der Waals surface area (Å²) in [6.07, 6.45) is 0.670. The van der Waals surface area contributed by atoms with Gasteiger partial charge in [-0.05, 0) is 58.7 Å². The standard InChI is InChI=1S/C17H26N2O2/c1-12(20)18-17(5,6)11-13-8-7-9-14(10-13)15(21)19-16(2,3)4/h7-10H,11H2,1-6H3,(H,18,20)(H,19,21). The van der Waals surface area contributed by atoms with Gasteiger partial charge in [-0.3, -0.25) is 9.59 Å². The Labute approximate surface area is 127 Å². The first-order chi connectivity index (χ1) is 9.48. The highest BCUT2D eigenvalue weighted by atomic mass is 16.2. The van der Waals surface area contributed by atoms with Gasteiger partial charge in [0.1, 0.15) is 0 Å². The number of carbonyl (C=O) groups excluding carboxylic acids is 2. The molecule has 0 saturated heterocycles. The van der Waals surface area contributed by atoms with Crippen molar-refractivity contribution in [1.82, 2.24) is 10.6 Å². The van der Waals surface area contributed by atoms with Crippen LogP contribution in [0.5, 0.6) is 0 Å². The minimum absolute atomic E-state index is 0.0540. The molecule has 0 aliphatic heterocycles. The van der Waals surface area contributed by atoms with Crippen LogP contribution in [0.25, 0.3) is 0 Å². The van der Waals surface area contributed by atoms with E-state index >= 15 is 0 Å². The van der Waals surface area contributed by atoms with Crippen LogP contribution < -0.4 is 10.6 Å². The first-order valence-electron chi connectivity index (χ1n) is 7.19. The van der Waals surface area contributed by atoms with Gasteiger partial charge in [0, 0.05) is 23.6 Å². The molecule has 0 saturated carbocycles. The summed E-state index contributed by atoms with van der Waals surface area (Å²) in [6.45, 7) is 11.3. The third-order valence-electron chi connectivity index (χ3n) is 2.84. The van der Waals surface area contributed by atoms with Gasteiger partial charge < -0.3 is 10.6 Å². The third kappa shape index (κ3) is 6.43. The van der Waals surface area contributed by atoms with Crippen LogP contribution in [0.3, 0.4) is 0 Å². The molecule has 116 valence electrons. The lowest BCUT2D eigenvalue weighted by molar-refractivity contribution is -0.120. The maximum atomic E-state index is 12.2. The average Bonchev–Trinajstić information content (AvgIpc) is 2.24. The van der Waals surface area contributed by atoms with Crippen LogP contribution in [0.4, 0.5) is 0 Å². The molecule has 0 bridgehead atoms. The van der Waals surface area contributed by atoms with E-state index in [2.05, 4.69) is 10.6 Å². The van der Waals surface area contributed by atoms with Gasteiger partial charge >= 0.3 is 0 Å². The van der Waals surface area contributed by atoms with E-state index < -0.39 is 0 Å². The molecule has 1 aromatic carbocycles. The summed E-state index contributed by atoms with van der Waals surface area (Å²) >= 11 is 0. The van der Waals surface area contributed by atoms with Crippen molar-refractivity contribution in [3.8, 4) is 0 Å². The number of carbonyl (C=O) groups is 2. The molecule has 21 heavy (non-hydrogen) atoms. The normalized spacial score (nSPS) is 11.9. The second kappa shape index (κ2) is 6.29. The maximum absolute atomic E-state index is 12.2. The van der Waals surface area contributed by atoms with Gasteiger partial charge in [0.05, 0.1) is 0 Å². The SMILES string of the molecule is CC(=O)NC(C)(C)Cc1cccc(C(=O)NC(C)(C)C)c1. The van der Waals surface area contributed by atoms with E-state index in [1.807, 2.05) is 52.8 Å². The fraction of sp³-hybridized carbons (Fsp3) is 0.529. The molecular formula is C17H26N2O2. The van der Waals surface area contributed by atoms with E-state index in [1.165, 1.54) is 6.92 Å². The summed E-state index contributed by atoms with van der Waals surface area (Å²) in [6, 6.07) is 7.52. The summed E-state index contributed by atoms with van der Waals surface area (Å²) in [5, 5.41) is 5.86. The average molecular weight is 290 g/mol. The monoisotopic (exact) mass is 290 g/mol. The van der Waals surface area contributed by atoms with E-state index in [0.717, 1.165) is 5.56 Å². The fourth-order valence-corrected chi connectivity index (χ4v) is 2.27. The molecule has 4 heteroatoms. The molecule has 0 atom stereocenters. The topological polar surface area (TPSA) is 58.2 Å². The van der Waals surface area contributed by atoms with Crippen molar-refractivity contribution >= 4 is 11.8 Å². The lowest BCUT2D eigenvalue weighted by atomic mass is 9.93. The molecule has 0 heterocycles. The molecule has 2 amide bonds.